The average Bonchev–Trinajstić information content (AvgIpc) is 2.57. The first kappa shape index (κ1) is 16.5. The number of nitrogens with zero attached hydrogens (tertiary/aromatic N) is 1. The zero-order valence-electron chi connectivity index (χ0n) is 13.3. The Morgan fingerprint density at radius 2 is 1.91 bits per heavy atom. The van der Waals surface area contributed by atoms with Crippen molar-refractivity contribution in [2.75, 3.05) is 6.61 Å². The molecule has 0 heterocycles. The largest absolute Gasteiger partial charge is 0.483 e. The number of nitrogens with one attached hydrogen (secondary N) is 1. The molecule has 2 rings (SSSR count). The summed E-state index contributed by atoms with van der Waals surface area (Å²) in [6, 6.07) is 15.6. The van der Waals surface area contributed by atoms with Crippen LogP contribution in [0.25, 0.3) is 6.08 Å². The van der Waals surface area contributed by atoms with Gasteiger partial charge in [0.2, 0.25) is 0 Å². The molecule has 2 aromatic rings. The monoisotopic (exact) mass is 308 g/mol. The number of aryl methyl sites for hydroxylation is 1. The van der Waals surface area contributed by atoms with Crippen molar-refractivity contribution in [2.45, 2.75) is 13.8 Å². The Morgan fingerprint density at radius 3 is 2.70 bits per heavy atom. The molecule has 4 nitrogen and oxygen atoms in total. The van der Waals surface area contributed by atoms with Crippen LogP contribution in [0.5, 0.6) is 5.75 Å². The molecule has 118 valence electrons. The van der Waals surface area contributed by atoms with Gasteiger partial charge in [0.1, 0.15) is 5.75 Å². The van der Waals surface area contributed by atoms with Crippen LogP contribution in [0.4, 0.5) is 0 Å². The van der Waals surface area contributed by atoms with E-state index in [1.807, 2.05) is 68.5 Å². The van der Waals surface area contributed by atoms with E-state index >= 15 is 0 Å². The summed E-state index contributed by atoms with van der Waals surface area (Å²) < 4.78 is 5.50. The van der Waals surface area contributed by atoms with Crippen molar-refractivity contribution in [3.05, 3.63) is 71.3 Å². The van der Waals surface area contributed by atoms with Gasteiger partial charge in [-0.25, -0.2) is 5.43 Å². The lowest BCUT2D eigenvalue weighted by molar-refractivity contribution is -0.123. The fourth-order valence-electron chi connectivity index (χ4n) is 1.93. The highest BCUT2D eigenvalue weighted by molar-refractivity contribution is 5.82. The minimum absolute atomic E-state index is 0.0654. The number of hydrogen-bond donors (Lipinski definition) is 1. The third kappa shape index (κ3) is 5.43. The maximum Gasteiger partial charge on any atom is 0.277 e. The van der Waals surface area contributed by atoms with Gasteiger partial charge < -0.3 is 4.74 Å². The summed E-state index contributed by atoms with van der Waals surface area (Å²) in [6.45, 7) is 3.91. The fraction of sp³-hybridized carbons (Fsp3) is 0.158. The highest BCUT2D eigenvalue weighted by Gasteiger charge is 2.04. The Labute approximate surface area is 136 Å². The Balaban J connectivity index is 1.76. The van der Waals surface area contributed by atoms with Crippen LogP contribution in [-0.4, -0.2) is 18.7 Å². The van der Waals surface area contributed by atoms with Gasteiger partial charge in [-0.15, -0.1) is 0 Å². The molecule has 23 heavy (non-hydrogen) atoms. The van der Waals surface area contributed by atoms with Crippen molar-refractivity contribution in [2.24, 2.45) is 5.10 Å². The van der Waals surface area contributed by atoms with E-state index in [0.29, 0.717) is 5.75 Å². The topological polar surface area (TPSA) is 50.7 Å². The van der Waals surface area contributed by atoms with Gasteiger partial charge in [-0.3, -0.25) is 4.79 Å². The first-order chi connectivity index (χ1) is 11.2. The van der Waals surface area contributed by atoms with E-state index in [2.05, 4.69) is 10.5 Å². The predicted molar refractivity (Wildman–Crippen MR) is 93.5 cm³/mol. The molecular formula is C19H20N2O2. The van der Waals surface area contributed by atoms with Gasteiger partial charge in [0.15, 0.2) is 6.61 Å². The molecule has 0 spiro atoms. The summed E-state index contributed by atoms with van der Waals surface area (Å²) in [5.41, 5.74) is 5.67. The van der Waals surface area contributed by atoms with E-state index in [4.69, 9.17) is 4.74 Å². The lowest BCUT2D eigenvalue weighted by atomic mass is 10.1. The Kier molecular flexibility index (Phi) is 6.12. The van der Waals surface area contributed by atoms with Crippen molar-refractivity contribution in [3.63, 3.8) is 0 Å². The van der Waals surface area contributed by atoms with Crippen molar-refractivity contribution in [1.82, 2.24) is 5.43 Å². The molecule has 4 heteroatoms. The zero-order chi connectivity index (χ0) is 16.5. The second-order valence-electron chi connectivity index (χ2n) is 5.07. The zero-order valence-corrected chi connectivity index (χ0v) is 13.3. The van der Waals surface area contributed by atoms with E-state index in [0.717, 1.165) is 16.7 Å². The molecular weight excluding hydrogens is 288 g/mol. The van der Waals surface area contributed by atoms with Gasteiger partial charge in [0.05, 0.1) is 0 Å². The molecule has 0 aliphatic heterocycles. The third-order valence-corrected chi connectivity index (χ3v) is 3.35. The van der Waals surface area contributed by atoms with E-state index < -0.39 is 0 Å². The molecule has 0 atom stereocenters. The molecule has 0 aliphatic carbocycles. The van der Waals surface area contributed by atoms with E-state index in [9.17, 15) is 4.79 Å². The molecule has 0 aromatic heterocycles. The van der Waals surface area contributed by atoms with Gasteiger partial charge in [-0.05, 0) is 42.7 Å². The second-order valence-corrected chi connectivity index (χ2v) is 5.07. The maximum absolute atomic E-state index is 11.7. The Morgan fingerprint density at radius 1 is 1.13 bits per heavy atom. The standard InChI is InChI=1S/C19H20N2O2/c1-15-8-6-12-18(16(15)2)23-14-19(22)21-20-13-7-11-17-9-4-3-5-10-17/h3-13H,14H2,1-2H3,(H,21,22)/b11-7+,20-13+. The molecule has 0 radical (unpaired) electrons. The molecule has 0 bridgehead atoms. The summed E-state index contributed by atoms with van der Waals surface area (Å²) in [4.78, 5) is 11.7. The van der Waals surface area contributed by atoms with E-state index in [-0.39, 0.29) is 12.5 Å². The van der Waals surface area contributed by atoms with Gasteiger partial charge in [0.25, 0.3) is 5.91 Å². The molecule has 0 aliphatic rings. The van der Waals surface area contributed by atoms with Crippen molar-refractivity contribution < 1.29 is 9.53 Å². The van der Waals surface area contributed by atoms with Gasteiger partial charge in [0, 0.05) is 6.21 Å². The summed E-state index contributed by atoms with van der Waals surface area (Å²) in [6.07, 6.45) is 5.20. The fourth-order valence-corrected chi connectivity index (χ4v) is 1.93. The van der Waals surface area contributed by atoms with Crippen molar-refractivity contribution in [1.29, 1.82) is 0 Å². The first-order valence-electron chi connectivity index (χ1n) is 7.39. The number of hydrogen-bond acceptors (Lipinski definition) is 3. The van der Waals surface area contributed by atoms with Gasteiger partial charge >= 0.3 is 0 Å². The first-order valence-corrected chi connectivity index (χ1v) is 7.39. The quantitative estimate of drug-likeness (QED) is 0.656. The van der Waals surface area contributed by atoms with Crippen LogP contribution >= 0.6 is 0 Å². The van der Waals surface area contributed by atoms with Crippen molar-refractivity contribution >= 4 is 18.2 Å². The van der Waals surface area contributed by atoms with Crippen LogP contribution in [0.2, 0.25) is 0 Å². The van der Waals surface area contributed by atoms with Gasteiger partial charge in [-0.2, -0.15) is 5.10 Å². The number of allylic oxidation sites excluding steroid dienone is 1. The number of rotatable bonds is 6. The van der Waals surface area contributed by atoms with Crippen LogP contribution < -0.4 is 10.2 Å². The van der Waals surface area contributed by atoms with E-state index in [1.165, 1.54) is 6.21 Å². The highest BCUT2D eigenvalue weighted by atomic mass is 16.5. The van der Waals surface area contributed by atoms with E-state index in [1.54, 1.807) is 6.08 Å². The minimum Gasteiger partial charge on any atom is -0.483 e. The minimum atomic E-state index is -0.296. The van der Waals surface area contributed by atoms with Gasteiger partial charge in [-0.1, -0.05) is 48.5 Å². The average molecular weight is 308 g/mol. The lowest BCUT2D eigenvalue weighted by Crippen LogP contribution is -2.24. The Bertz CT molecular complexity index is 707. The normalized spacial score (nSPS) is 11.0. The number of hydrazone groups is 1. The molecule has 2 aromatic carbocycles. The van der Waals surface area contributed by atoms with Crippen LogP contribution in [0.1, 0.15) is 16.7 Å². The van der Waals surface area contributed by atoms with Crippen LogP contribution in [0.3, 0.4) is 0 Å². The third-order valence-electron chi connectivity index (χ3n) is 3.35. The molecule has 0 saturated carbocycles. The number of carbonyl (C=O) groups is 1. The summed E-state index contributed by atoms with van der Waals surface area (Å²) in [5, 5.41) is 3.85. The number of ether oxygens (including phenoxy) is 1. The maximum atomic E-state index is 11.7. The number of carbonyl (C=O) groups excluding carboxylic acids is 1. The molecule has 1 N–H and O–H groups in total. The molecule has 0 unspecified atom stereocenters. The predicted octanol–water partition coefficient (Wildman–Crippen LogP) is 3.50. The highest BCUT2D eigenvalue weighted by Crippen LogP contribution is 2.20. The molecule has 0 fully saturated rings. The summed E-state index contributed by atoms with van der Waals surface area (Å²) >= 11 is 0. The molecule has 1 amide bonds. The number of amides is 1. The lowest BCUT2D eigenvalue weighted by Gasteiger charge is -2.09. The smallest absolute Gasteiger partial charge is 0.277 e. The molecule has 0 saturated heterocycles. The second kappa shape index (κ2) is 8.54. The number of benzene rings is 2. The SMILES string of the molecule is Cc1cccc(OCC(=O)N/N=C/C=C/c2ccccc2)c1C. The van der Waals surface area contributed by atoms with Crippen LogP contribution in [0, 0.1) is 13.8 Å². The van der Waals surface area contributed by atoms with Crippen molar-refractivity contribution in [3.8, 4) is 5.75 Å². The summed E-state index contributed by atoms with van der Waals surface area (Å²) in [5.74, 6) is 0.420. The van der Waals surface area contributed by atoms with Crippen LogP contribution in [0.15, 0.2) is 59.7 Å². The van der Waals surface area contributed by atoms with Crippen LogP contribution in [-0.2, 0) is 4.79 Å². The Hall–Kier alpha value is -2.88. The summed E-state index contributed by atoms with van der Waals surface area (Å²) in [7, 11) is 0.